The molecule has 0 aliphatic rings. The number of amides is 1. The number of carbonyl (C=O) groups is 1. The Bertz CT molecular complexity index is 1380. The Kier molecular flexibility index (Phi) is 6.84. The lowest BCUT2D eigenvalue weighted by Crippen LogP contribution is -2.37. The minimum atomic E-state index is -4.58. The van der Waals surface area contributed by atoms with Gasteiger partial charge in [0.25, 0.3) is 27.3 Å². The van der Waals surface area contributed by atoms with Crippen LogP contribution in [0, 0.1) is 27.2 Å². The summed E-state index contributed by atoms with van der Waals surface area (Å²) in [5, 5.41) is 22.5. The zero-order valence-electron chi connectivity index (χ0n) is 17.7. The summed E-state index contributed by atoms with van der Waals surface area (Å²) >= 11 is 6.14. The lowest BCUT2D eigenvalue weighted by Gasteiger charge is -2.23. The number of hydrogen-bond donors (Lipinski definition) is 0. The van der Waals surface area contributed by atoms with Gasteiger partial charge in [0.05, 0.1) is 44.2 Å². The van der Waals surface area contributed by atoms with Crippen LogP contribution in [0.15, 0.2) is 65.6 Å². The van der Waals surface area contributed by atoms with E-state index >= 15 is 0 Å². The molecule has 0 aliphatic carbocycles. The van der Waals surface area contributed by atoms with Crippen molar-refractivity contribution in [3.63, 3.8) is 0 Å². The molecule has 13 heteroatoms. The predicted molar refractivity (Wildman–Crippen MR) is 123 cm³/mol. The molecule has 0 saturated heterocycles. The molecule has 0 heterocycles. The van der Waals surface area contributed by atoms with Crippen molar-refractivity contribution in [2.45, 2.75) is 11.8 Å². The van der Waals surface area contributed by atoms with Crippen molar-refractivity contribution in [3.8, 4) is 5.75 Å². The number of methoxy groups -OCH3 is 1. The first-order valence-corrected chi connectivity index (χ1v) is 11.2. The highest BCUT2D eigenvalue weighted by atomic mass is 35.5. The smallest absolute Gasteiger partial charge is 0.277 e. The van der Waals surface area contributed by atoms with Crippen LogP contribution >= 0.6 is 11.6 Å². The zero-order valence-corrected chi connectivity index (χ0v) is 19.2. The highest BCUT2D eigenvalue weighted by molar-refractivity contribution is 7.93. The van der Waals surface area contributed by atoms with Crippen molar-refractivity contribution in [2.75, 3.05) is 11.4 Å². The van der Waals surface area contributed by atoms with E-state index in [2.05, 4.69) is 0 Å². The molecular weight excluding hydrogens is 490 g/mol. The Hall–Kier alpha value is -4.03. The molecule has 11 nitrogen and oxygen atoms in total. The van der Waals surface area contributed by atoms with E-state index in [-0.39, 0.29) is 21.4 Å². The van der Waals surface area contributed by atoms with Crippen LogP contribution in [-0.4, -0.2) is 31.3 Å². The number of nitro benzene ring substituents is 2. The van der Waals surface area contributed by atoms with Gasteiger partial charge >= 0.3 is 0 Å². The molecule has 34 heavy (non-hydrogen) atoms. The molecule has 0 spiro atoms. The van der Waals surface area contributed by atoms with Gasteiger partial charge in [0.1, 0.15) is 5.75 Å². The van der Waals surface area contributed by atoms with Gasteiger partial charge in [-0.15, -0.1) is 0 Å². The average molecular weight is 506 g/mol. The van der Waals surface area contributed by atoms with Gasteiger partial charge in [0, 0.05) is 12.1 Å². The summed E-state index contributed by atoms with van der Waals surface area (Å²) in [6.45, 7) is 1.74. The van der Waals surface area contributed by atoms with Gasteiger partial charge in [0.15, 0.2) is 0 Å². The first-order chi connectivity index (χ1) is 15.9. The van der Waals surface area contributed by atoms with Crippen LogP contribution in [0.2, 0.25) is 5.02 Å². The maximum atomic E-state index is 13.5. The summed E-state index contributed by atoms with van der Waals surface area (Å²) in [4.78, 5) is 33.9. The third kappa shape index (κ3) is 4.82. The fourth-order valence-electron chi connectivity index (χ4n) is 3.01. The number of aryl methyl sites for hydroxylation is 1. The molecule has 0 unspecified atom stereocenters. The molecule has 1 amide bonds. The van der Waals surface area contributed by atoms with Crippen molar-refractivity contribution in [2.24, 2.45) is 0 Å². The minimum absolute atomic E-state index is 0.0121. The van der Waals surface area contributed by atoms with Crippen molar-refractivity contribution < 1.29 is 27.8 Å². The Morgan fingerprint density at radius 1 is 0.941 bits per heavy atom. The summed E-state index contributed by atoms with van der Waals surface area (Å²) in [6.07, 6.45) is 0. The fourth-order valence-corrected chi connectivity index (χ4v) is 4.67. The summed E-state index contributed by atoms with van der Waals surface area (Å²) in [7, 11) is -3.23. The number of hydrogen-bond acceptors (Lipinski definition) is 8. The molecule has 0 saturated carbocycles. The number of ether oxygens (including phenoxy) is 1. The lowest BCUT2D eigenvalue weighted by atomic mass is 10.1. The number of benzene rings is 3. The molecule has 0 aliphatic heterocycles. The second kappa shape index (κ2) is 9.45. The maximum Gasteiger partial charge on any atom is 0.277 e. The lowest BCUT2D eigenvalue weighted by molar-refractivity contribution is -0.394. The Labute approximate surface area is 198 Å². The number of anilines is 1. The number of carbonyl (C=O) groups excluding carboxylic acids is 1. The van der Waals surface area contributed by atoms with E-state index in [9.17, 15) is 33.4 Å². The highest BCUT2D eigenvalue weighted by Gasteiger charge is 2.34. The third-order valence-electron chi connectivity index (χ3n) is 4.68. The molecular formula is C21H16ClN3O8S. The van der Waals surface area contributed by atoms with E-state index in [1.807, 2.05) is 0 Å². The molecule has 0 N–H and O–H groups in total. The van der Waals surface area contributed by atoms with Crippen LogP contribution in [0.1, 0.15) is 15.9 Å². The molecule has 176 valence electrons. The summed E-state index contributed by atoms with van der Waals surface area (Å²) in [5.41, 5.74) is -1.52. The quantitative estimate of drug-likeness (QED) is 0.336. The molecule has 3 rings (SSSR count). The summed E-state index contributed by atoms with van der Waals surface area (Å²) in [6, 6.07) is 11.5. The first kappa shape index (κ1) is 24.6. The van der Waals surface area contributed by atoms with Gasteiger partial charge in [-0.3, -0.25) is 25.0 Å². The minimum Gasteiger partial charge on any atom is -0.495 e. The first-order valence-electron chi connectivity index (χ1n) is 9.39. The standard InChI is InChI=1S/C21H16ClN3O8S/c1-13-3-6-18(7-4-13)34(31,32)23(15-5-8-20(33-2)19(22)12-15)21(26)14-9-16(24(27)28)11-17(10-14)25(29)30/h3-12H,1-2H3. The number of nitro groups is 2. The Morgan fingerprint density at radius 3 is 1.97 bits per heavy atom. The molecule has 0 radical (unpaired) electrons. The highest BCUT2D eigenvalue weighted by Crippen LogP contribution is 2.34. The predicted octanol–water partition coefficient (Wildman–Crippen LogP) is 4.51. The van der Waals surface area contributed by atoms with Crippen molar-refractivity contribution in [1.82, 2.24) is 0 Å². The number of non-ortho nitro benzene ring substituents is 2. The topological polar surface area (TPSA) is 150 Å². The van der Waals surface area contributed by atoms with E-state index < -0.39 is 42.7 Å². The molecule has 0 aromatic heterocycles. The van der Waals surface area contributed by atoms with E-state index in [1.165, 1.54) is 43.5 Å². The molecule has 0 atom stereocenters. The normalized spacial score (nSPS) is 11.0. The van der Waals surface area contributed by atoms with Crippen LogP contribution in [0.25, 0.3) is 0 Å². The van der Waals surface area contributed by atoms with Crippen LogP contribution in [0.5, 0.6) is 5.75 Å². The largest absolute Gasteiger partial charge is 0.495 e. The Morgan fingerprint density at radius 2 is 1.50 bits per heavy atom. The second-order valence-electron chi connectivity index (χ2n) is 6.96. The van der Waals surface area contributed by atoms with Crippen LogP contribution in [0.3, 0.4) is 0 Å². The molecule has 3 aromatic rings. The maximum absolute atomic E-state index is 13.5. The van der Waals surface area contributed by atoms with Gasteiger partial charge in [-0.25, -0.2) is 8.42 Å². The molecule has 0 fully saturated rings. The summed E-state index contributed by atoms with van der Waals surface area (Å²) < 4.78 is 32.5. The van der Waals surface area contributed by atoms with E-state index in [4.69, 9.17) is 16.3 Å². The van der Waals surface area contributed by atoms with Gasteiger partial charge in [-0.1, -0.05) is 29.3 Å². The number of halogens is 1. The van der Waals surface area contributed by atoms with Crippen molar-refractivity contribution in [1.29, 1.82) is 0 Å². The second-order valence-corrected chi connectivity index (χ2v) is 9.15. The van der Waals surface area contributed by atoms with Gasteiger partial charge in [-0.05, 0) is 37.3 Å². The van der Waals surface area contributed by atoms with Crippen LogP contribution < -0.4 is 9.04 Å². The fraction of sp³-hybridized carbons (Fsp3) is 0.0952. The number of nitrogens with zero attached hydrogens (tertiary/aromatic N) is 3. The molecule has 3 aromatic carbocycles. The Balaban J connectivity index is 2.27. The zero-order chi connectivity index (χ0) is 25.2. The van der Waals surface area contributed by atoms with Crippen LogP contribution in [0.4, 0.5) is 17.1 Å². The SMILES string of the molecule is COc1ccc(N(C(=O)c2cc([N+](=O)[O-])cc([N+](=O)[O-])c2)S(=O)(=O)c2ccc(C)cc2)cc1Cl. The van der Waals surface area contributed by atoms with Gasteiger partial charge in [0.2, 0.25) is 0 Å². The van der Waals surface area contributed by atoms with E-state index in [1.54, 1.807) is 6.92 Å². The van der Waals surface area contributed by atoms with E-state index in [0.29, 0.717) is 10.4 Å². The van der Waals surface area contributed by atoms with Crippen molar-refractivity contribution in [3.05, 3.63) is 97.0 Å². The van der Waals surface area contributed by atoms with E-state index in [0.717, 1.165) is 23.8 Å². The van der Waals surface area contributed by atoms with Gasteiger partial charge < -0.3 is 4.74 Å². The van der Waals surface area contributed by atoms with Crippen molar-refractivity contribution >= 4 is 44.6 Å². The number of sulfonamides is 1. The average Bonchev–Trinajstić information content (AvgIpc) is 2.79. The number of rotatable bonds is 7. The molecule has 0 bridgehead atoms. The monoisotopic (exact) mass is 505 g/mol. The third-order valence-corrected chi connectivity index (χ3v) is 6.71. The van der Waals surface area contributed by atoms with Crippen LogP contribution in [-0.2, 0) is 10.0 Å². The summed E-state index contributed by atoms with van der Waals surface area (Å²) in [5.74, 6) is -1.05. The van der Waals surface area contributed by atoms with Gasteiger partial charge in [-0.2, -0.15) is 4.31 Å².